The highest BCUT2D eigenvalue weighted by atomic mass is 19.4. The van der Waals surface area contributed by atoms with Crippen LogP contribution in [0.15, 0.2) is 11.3 Å². The smallest absolute Gasteiger partial charge is 0.384 e. The standard InChI is InChI=1S/C6H9F3N2O/c1-3(5(10)12)4(11-2)6(7,8)9/h11H,1-2H3,(H2,10,12)/b4-3-. The average molecular weight is 182 g/mol. The maximum atomic E-state index is 12.0. The van der Waals surface area contributed by atoms with E-state index in [0.29, 0.717) is 0 Å². The molecule has 0 rings (SSSR count). The Hall–Kier alpha value is -1.20. The number of carbonyl (C=O) groups is 1. The summed E-state index contributed by atoms with van der Waals surface area (Å²) >= 11 is 0. The van der Waals surface area contributed by atoms with Gasteiger partial charge in [0.2, 0.25) is 5.91 Å². The highest BCUT2D eigenvalue weighted by Crippen LogP contribution is 2.25. The van der Waals surface area contributed by atoms with E-state index in [-0.39, 0.29) is 0 Å². The van der Waals surface area contributed by atoms with Crippen LogP contribution in [0, 0.1) is 0 Å². The Morgan fingerprint density at radius 2 is 1.83 bits per heavy atom. The molecule has 0 aliphatic rings. The molecule has 12 heavy (non-hydrogen) atoms. The van der Waals surface area contributed by atoms with Crippen molar-refractivity contribution >= 4 is 5.91 Å². The van der Waals surface area contributed by atoms with Crippen molar-refractivity contribution in [3.63, 3.8) is 0 Å². The summed E-state index contributed by atoms with van der Waals surface area (Å²) in [6, 6.07) is 0. The predicted octanol–water partition coefficient (Wildman–Crippen LogP) is 0.527. The third kappa shape index (κ3) is 2.44. The first-order valence-corrected chi connectivity index (χ1v) is 3.06. The molecular weight excluding hydrogens is 173 g/mol. The van der Waals surface area contributed by atoms with Gasteiger partial charge in [-0.15, -0.1) is 0 Å². The van der Waals surface area contributed by atoms with E-state index in [1.807, 2.05) is 5.32 Å². The summed E-state index contributed by atoms with van der Waals surface area (Å²) in [5.74, 6) is -1.09. The quantitative estimate of drug-likeness (QED) is 0.612. The lowest BCUT2D eigenvalue weighted by Gasteiger charge is -2.12. The Balaban J connectivity index is 5.01. The fourth-order valence-corrected chi connectivity index (χ4v) is 0.665. The zero-order valence-corrected chi connectivity index (χ0v) is 6.62. The molecule has 1 amide bonds. The molecule has 0 aromatic heterocycles. The van der Waals surface area contributed by atoms with Crippen LogP contribution in [0.2, 0.25) is 0 Å². The van der Waals surface area contributed by atoms with E-state index in [9.17, 15) is 18.0 Å². The van der Waals surface area contributed by atoms with Crippen molar-refractivity contribution in [1.29, 1.82) is 0 Å². The summed E-state index contributed by atoms with van der Waals surface area (Å²) in [5, 5.41) is 1.88. The molecule has 0 bridgehead atoms. The van der Waals surface area contributed by atoms with Gasteiger partial charge in [-0.2, -0.15) is 13.2 Å². The summed E-state index contributed by atoms with van der Waals surface area (Å²) in [7, 11) is 1.08. The van der Waals surface area contributed by atoms with Gasteiger partial charge in [0.15, 0.2) is 0 Å². The van der Waals surface area contributed by atoms with Gasteiger partial charge >= 0.3 is 6.18 Å². The third-order valence-electron chi connectivity index (χ3n) is 1.28. The highest BCUT2D eigenvalue weighted by Gasteiger charge is 2.35. The van der Waals surface area contributed by atoms with Gasteiger partial charge in [-0.25, -0.2) is 0 Å². The van der Waals surface area contributed by atoms with E-state index in [0.717, 1.165) is 14.0 Å². The number of alkyl halides is 3. The monoisotopic (exact) mass is 182 g/mol. The van der Waals surface area contributed by atoms with Crippen LogP contribution in [0.25, 0.3) is 0 Å². The first-order chi connectivity index (χ1) is 5.30. The molecule has 3 N–H and O–H groups in total. The van der Waals surface area contributed by atoms with Gasteiger partial charge in [-0.1, -0.05) is 0 Å². The molecule has 0 aliphatic heterocycles. The largest absolute Gasteiger partial charge is 0.431 e. The molecule has 0 saturated carbocycles. The molecule has 0 aromatic rings. The minimum absolute atomic E-state index is 0.523. The number of nitrogens with two attached hydrogens (primary N) is 1. The maximum absolute atomic E-state index is 12.0. The minimum Gasteiger partial charge on any atom is -0.384 e. The first kappa shape index (κ1) is 10.8. The van der Waals surface area contributed by atoms with Gasteiger partial charge in [0.25, 0.3) is 0 Å². The summed E-state index contributed by atoms with van der Waals surface area (Å²) < 4.78 is 36.0. The summed E-state index contributed by atoms with van der Waals surface area (Å²) in [4.78, 5) is 10.4. The van der Waals surface area contributed by atoms with Crippen LogP contribution in [0.5, 0.6) is 0 Å². The average Bonchev–Trinajstić information content (AvgIpc) is 1.85. The van der Waals surface area contributed by atoms with E-state index >= 15 is 0 Å². The molecule has 0 aromatic carbocycles. The maximum Gasteiger partial charge on any atom is 0.431 e. The second-order valence-corrected chi connectivity index (χ2v) is 2.11. The van der Waals surface area contributed by atoms with Crippen LogP contribution in [0.4, 0.5) is 13.2 Å². The molecule has 3 nitrogen and oxygen atoms in total. The molecule has 0 fully saturated rings. The van der Waals surface area contributed by atoms with E-state index in [2.05, 4.69) is 5.73 Å². The molecule has 0 radical (unpaired) electrons. The third-order valence-corrected chi connectivity index (χ3v) is 1.28. The van der Waals surface area contributed by atoms with Gasteiger partial charge in [-0.05, 0) is 6.92 Å². The Bertz CT molecular complexity index is 219. The van der Waals surface area contributed by atoms with Crippen molar-refractivity contribution in [2.75, 3.05) is 7.05 Å². The van der Waals surface area contributed by atoms with Crippen molar-refractivity contribution in [3.8, 4) is 0 Å². The molecule has 0 aliphatic carbocycles. The number of halogens is 3. The lowest BCUT2D eigenvalue weighted by atomic mass is 10.2. The van der Waals surface area contributed by atoms with Crippen LogP contribution < -0.4 is 11.1 Å². The highest BCUT2D eigenvalue weighted by molar-refractivity contribution is 5.92. The van der Waals surface area contributed by atoms with E-state index < -0.39 is 23.4 Å². The molecule has 0 atom stereocenters. The number of carbonyl (C=O) groups excluding carboxylic acids is 1. The Morgan fingerprint density at radius 1 is 1.42 bits per heavy atom. The SMILES string of the molecule is CN/C(=C(/C)C(N)=O)C(F)(F)F. The van der Waals surface area contributed by atoms with Gasteiger partial charge in [0.1, 0.15) is 5.70 Å². The zero-order chi connectivity index (χ0) is 9.94. The van der Waals surface area contributed by atoms with Crippen LogP contribution in [0.1, 0.15) is 6.92 Å². The van der Waals surface area contributed by atoms with Crippen molar-refractivity contribution in [1.82, 2.24) is 5.32 Å². The summed E-state index contributed by atoms with van der Waals surface area (Å²) in [6.07, 6.45) is -4.56. The number of hydrogen-bond acceptors (Lipinski definition) is 2. The number of nitrogens with one attached hydrogen (secondary N) is 1. The molecule has 70 valence electrons. The van der Waals surface area contributed by atoms with Crippen LogP contribution in [-0.4, -0.2) is 19.1 Å². The number of primary amides is 1. The van der Waals surface area contributed by atoms with Crippen LogP contribution >= 0.6 is 0 Å². The lowest BCUT2D eigenvalue weighted by Crippen LogP contribution is -2.28. The Kier molecular flexibility index (Phi) is 3.12. The second-order valence-electron chi connectivity index (χ2n) is 2.11. The number of amides is 1. The number of hydrogen-bond donors (Lipinski definition) is 2. The normalized spacial score (nSPS) is 13.8. The Labute approximate surface area is 67.4 Å². The Morgan fingerprint density at radius 3 is 1.92 bits per heavy atom. The lowest BCUT2D eigenvalue weighted by molar-refractivity contribution is -0.117. The fourth-order valence-electron chi connectivity index (χ4n) is 0.665. The van der Waals surface area contributed by atoms with Crippen LogP contribution in [-0.2, 0) is 4.79 Å². The van der Waals surface area contributed by atoms with E-state index in [4.69, 9.17) is 0 Å². The topological polar surface area (TPSA) is 55.1 Å². The fraction of sp³-hybridized carbons (Fsp3) is 0.500. The van der Waals surface area contributed by atoms with Crippen molar-refractivity contribution < 1.29 is 18.0 Å². The second kappa shape index (κ2) is 3.46. The molecule has 0 spiro atoms. The molecule has 6 heteroatoms. The van der Waals surface area contributed by atoms with E-state index in [1.165, 1.54) is 0 Å². The molecular formula is C6H9F3N2O. The van der Waals surface area contributed by atoms with Gasteiger partial charge in [-0.3, -0.25) is 4.79 Å². The van der Waals surface area contributed by atoms with Crippen molar-refractivity contribution in [3.05, 3.63) is 11.3 Å². The van der Waals surface area contributed by atoms with Crippen LogP contribution in [0.3, 0.4) is 0 Å². The van der Waals surface area contributed by atoms with Crippen molar-refractivity contribution in [2.45, 2.75) is 13.1 Å². The molecule has 0 unspecified atom stereocenters. The van der Waals surface area contributed by atoms with Gasteiger partial charge < -0.3 is 11.1 Å². The number of allylic oxidation sites excluding steroid dienone is 1. The first-order valence-electron chi connectivity index (χ1n) is 3.06. The zero-order valence-electron chi connectivity index (χ0n) is 6.62. The minimum atomic E-state index is -4.56. The molecule has 0 heterocycles. The van der Waals surface area contributed by atoms with E-state index in [1.54, 1.807) is 0 Å². The van der Waals surface area contributed by atoms with Gasteiger partial charge in [0.05, 0.1) is 0 Å². The van der Waals surface area contributed by atoms with Gasteiger partial charge in [0, 0.05) is 12.6 Å². The summed E-state index contributed by atoms with van der Waals surface area (Å²) in [5.41, 5.74) is 3.05. The van der Waals surface area contributed by atoms with Crippen molar-refractivity contribution in [2.24, 2.45) is 5.73 Å². The summed E-state index contributed by atoms with van der Waals surface area (Å²) in [6.45, 7) is 1.02. The predicted molar refractivity (Wildman–Crippen MR) is 37.0 cm³/mol. The number of rotatable bonds is 2. The molecule has 0 saturated heterocycles.